The number of benzene rings is 1. The van der Waals surface area contributed by atoms with Crippen molar-refractivity contribution in [3.63, 3.8) is 0 Å². The van der Waals surface area contributed by atoms with Gasteiger partial charge in [-0.15, -0.1) is 0 Å². The van der Waals surface area contributed by atoms with E-state index >= 15 is 0 Å². The Balaban J connectivity index is 2.72. The average Bonchev–Trinajstić information content (AvgIpc) is 2.44. The predicted octanol–water partition coefficient (Wildman–Crippen LogP) is 1.49. The van der Waals surface area contributed by atoms with Gasteiger partial charge in [0.25, 0.3) is 25.3 Å². The van der Waals surface area contributed by atoms with E-state index < -0.39 is 0 Å². The summed E-state index contributed by atoms with van der Waals surface area (Å²) < 4.78 is 14.0. The van der Waals surface area contributed by atoms with Gasteiger partial charge in [0.15, 0.2) is 11.5 Å². The summed E-state index contributed by atoms with van der Waals surface area (Å²) in [4.78, 5) is 35.3. The van der Waals surface area contributed by atoms with Crippen molar-refractivity contribution in [1.29, 1.82) is 0 Å². The first-order chi connectivity index (χ1) is 9.71. The number of ether oxygens (including phenoxy) is 3. The van der Waals surface area contributed by atoms with Crippen molar-refractivity contribution in [2.75, 3.05) is 0 Å². The summed E-state index contributed by atoms with van der Waals surface area (Å²) in [5.74, 6) is -0.302. The number of aromatic nitrogens is 1. The standard InChI is InChI=1S/C12H6ClNO6/c13-8-2-1-7-3-9(18-4-15)12(20-6-17)14-10(7)11(8)19-5-16/h1-6H. The van der Waals surface area contributed by atoms with E-state index in [2.05, 4.69) is 14.5 Å². The first-order valence-corrected chi connectivity index (χ1v) is 5.53. The van der Waals surface area contributed by atoms with Gasteiger partial charge in [0.05, 0.1) is 5.02 Å². The number of nitrogens with zero attached hydrogens (tertiary/aromatic N) is 1. The van der Waals surface area contributed by atoms with Gasteiger partial charge in [-0.3, -0.25) is 14.4 Å². The quantitative estimate of drug-likeness (QED) is 0.745. The molecule has 0 bridgehead atoms. The van der Waals surface area contributed by atoms with Crippen LogP contribution in [0.5, 0.6) is 17.4 Å². The van der Waals surface area contributed by atoms with E-state index in [-0.39, 0.29) is 47.3 Å². The Hall–Kier alpha value is -2.67. The van der Waals surface area contributed by atoms with Crippen molar-refractivity contribution in [1.82, 2.24) is 4.98 Å². The lowest BCUT2D eigenvalue weighted by molar-refractivity contribution is -0.123. The van der Waals surface area contributed by atoms with Crippen molar-refractivity contribution in [3.8, 4) is 17.4 Å². The zero-order valence-corrected chi connectivity index (χ0v) is 10.5. The molecule has 1 aromatic heterocycles. The molecule has 0 amide bonds. The van der Waals surface area contributed by atoms with Crippen molar-refractivity contribution in [2.24, 2.45) is 0 Å². The van der Waals surface area contributed by atoms with Gasteiger partial charge in [-0.05, 0) is 12.1 Å². The second kappa shape index (κ2) is 5.98. The Kier molecular flexibility index (Phi) is 4.11. The van der Waals surface area contributed by atoms with Gasteiger partial charge in [0, 0.05) is 5.39 Å². The van der Waals surface area contributed by atoms with E-state index in [0.717, 1.165) is 0 Å². The summed E-state index contributed by atoms with van der Waals surface area (Å²) in [7, 11) is 0. The minimum atomic E-state index is -0.252. The molecule has 1 heterocycles. The number of hydrogen-bond acceptors (Lipinski definition) is 7. The van der Waals surface area contributed by atoms with Crippen LogP contribution < -0.4 is 14.2 Å². The van der Waals surface area contributed by atoms with Crippen LogP contribution in [0, 0.1) is 0 Å². The van der Waals surface area contributed by atoms with Gasteiger partial charge in [-0.1, -0.05) is 17.7 Å². The van der Waals surface area contributed by atoms with Crippen molar-refractivity contribution in [3.05, 3.63) is 23.2 Å². The first-order valence-electron chi connectivity index (χ1n) is 5.15. The van der Waals surface area contributed by atoms with E-state index in [1.54, 1.807) is 6.07 Å². The molecule has 0 aliphatic rings. The molecule has 0 saturated carbocycles. The fourth-order valence-corrected chi connectivity index (χ4v) is 1.78. The Morgan fingerprint density at radius 1 is 1.00 bits per heavy atom. The van der Waals surface area contributed by atoms with Crippen molar-refractivity contribution < 1.29 is 28.6 Å². The summed E-state index contributed by atoms with van der Waals surface area (Å²) >= 11 is 5.89. The molecule has 0 N–H and O–H groups in total. The molecule has 0 atom stereocenters. The number of rotatable bonds is 6. The van der Waals surface area contributed by atoms with Gasteiger partial charge >= 0.3 is 0 Å². The largest absolute Gasteiger partial charge is 0.425 e. The molecule has 0 radical (unpaired) electrons. The van der Waals surface area contributed by atoms with Crippen LogP contribution in [0.1, 0.15) is 0 Å². The topological polar surface area (TPSA) is 91.8 Å². The maximum atomic E-state index is 10.5. The minimum Gasteiger partial charge on any atom is -0.425 e. The molecule has 0 unspecified atom stereocenters. The third-order valence-electron chi connectivity index (χ3n) is 2.33. The van der Waals surface area contributed by atoms with Crippen LogP contribution in [0.15, 0.2) is 18.2 Å². The summed E-state index contributed by atoms with van der Waals surface area (Å²) in [5.41, 5.74) is 0.180. The number of carbonyl (C=O) groups is 3. The second-order valence-electron chi connectivity index (χ2n) is 3.38. The highest BCUT2D eigenvalue weighted by Gasteiger charge is 2.15. The second-order valence-corrected chi connectivity index (χ2v) is 3.79. The Bertz CT molecular complexity index is 687. The molecule has 8 heteroatoms. The van der Waals surface area contributed by atoms with E-state index in [0.29, 0.717) is 5.39 Å². The van der Waals surface area contributed by atoms with Crippen molar-refractivity contribution in [2.45, 2.75) is 0 Å². The summed E-state index contributed by atoms with van der Waals surface area (Å²) in [6, 6.07) is 4.45. The lowest BCUT2D eigenvalue weighted by atomic mass is 10.2. The summed E-state index contributed by atoms with van der Waals surface area (Å²) in [6.45, 7) is 0.480. The van der Waals surface area contributed by atoms with Gasteiger partial charge in [-0.25, -0.2) is 4.98 Å². The molecule has 0 saturated heterocycles. The molecule has 0 spiro atoms. The maximum absolute atomic E-state index is 10.5. The van der Waals surface area contributed by atoms with Crippen LogP contribution in [0.2, 0.25) is 5.02 Å². The number of hydrogen-bond donors (Lipinski definition) is 0. The summed E-state index contributed by atoms with van der Waals surface area (Å²) in [6.07, 6.45) is 0. The van der Waals surface area contributed by atoms with Crippen molar-refractivity contribution >= 4 is 41.9 Å². The number of halogens is 1. The van der Waals surface area contributed by atoms with Gasteiger partial charge in [0.1, 0.15) is 5.52 Å². The smallest absolute Gasteiger partial charge is 0.299 e. The fourth-order valence-electron chi connectivity index (χ4n) is 1.58. The molecule has 0 aliphatic carbocycles. The highest BCUT2D eigenvalue weighted by Crippen LogP contribution is 2.37. The molecule has 102 valence electrons. The molecule has 7 nitrogen and oxygen atoms in total. The van der Waals surface area contributed by atoms with E-state index in [4.69, 9.17) is 16.3 Å². The highest BCUT2D eigenvalue weighted by atomic mass is 35.5. The fraction of sp³-hybridized carbons (Fsp3) is 0. The van der Waals surface area contributed by atoms with Gasteiger partial charge in [-0.2, -0.15) is 0 Å². The van der Waals surface area contributed by atoms with Crippen LogP contribution in [-0.4, -0.2) is 24.4 Å². The van der Waals surface area contributed by atoms with Crippen LogP contribution in [-0.2, 0) is 14.4 Å². The Morgan fingerprint density at radius 3 is 2.35 bits per heavy atom. The summed E-state index contributed by atoms with van der Waals surface area (Å²) in [5, 5.41) is 0.625. The maximum Gasteiger partial charge on any atom is 0.299 e. The molecule has 2 rings (SSSR count). The van der Waals surface area contributed by atoms with Crippen LogP contribution in [0.25, 0.3) is 10.9 Å². The molecule has 0 fully saturated rings. The predicted molar refractivity (Wildman–Crippen MR) is 66.8 cm³/mol. The SMILES string of the molecule is O=COc1cc2ccc(Cl)c(OC=O)c2nc1OC=O. The number of pyridine rings is 1. The van der Waals surface area contributed by atoms with E-state index in [9.17, 15) is 14.4 Å². The number of fused-ring (bicyclic) bond motifs is 1. The molecule has 0 aliphatic heterocycles. The van der Waals surface area contributed by atoms with Crippen LogP contribution in [0.3, 0.4) is 0 Å². The zero-order valence-electron chi connectivity index (χ0n) is 9.74. The van der Waals surface area contributed by atoms with E-state index in [1.165, 1.54) is 12.1 Å². The lowest BCUT2D eigenvalue weighted by Gasteiger charge is -2.09. The van der Waals surface area contributed by atoms with Gasteiger partial charge < -0.3 is 14.2 Å². The third-order valence-corrected chi connectivity index (χ3v) is 2.62. The lowest BCUT2D eigenvalue weighted by Crippen LogP contribution is -2.00. The average molecular weight is 296 g/mol. The van der Waals surface area contributed by atoms with Crippen LogP contribution in [0.4, 0.5) is 0 Å². The third kappa shape index (κ3) is 2.52. The Labute approximate surface area is 117 Å². The zero-order chi connectivity index (χ0) is 14.5. The molecule has 2 aromatic rings. The minimum absolute atomic E-state index is 0.00701. The molecular formula is C12H6ClNO6. The monoisotopic (exact) mass is 295 g/mol. The molecule has 20 heavy (non-hydrogen) atoms. The number of carbonyl (C=O) groups excluding carboxylic acids is 3. The van der Waals surface area contributed by atoms with Crippen LogP contribution >= 0.6 is 11.6 Å². The van der Waals surface area contributed by atoms with E-state index in [1.807, 2.05) is 0 Å². The first kappa shape index (κ1) is 13.8. The van der Waals surface area contributed by atoms with Gasteiger partial charge in [0.2, 0.25) is 0 Å². The highest BCUT2D eigenvalue weighted by molar-refractivity contribution is 6.33. The normalized spacial score (nSPS) is 9.85. The molecule has 1 aromatic carbocycles. The molecular weight excluding hydrogens is 290 g/mol. The Morgan fingerprint density at radius 2 is 1.70 bits per heavy atom.